The Labute approximate surface area is 225 Å². The van der Waals surface area contributed by atoms with Crippen molar-refractivity contribution < 1.29 is 29.0 Å². The van der Waals surface area contributed by atoms with Gasteiger partial charge in [-0.1, -0.05) is 54.6 Å². The zero-order chi connectivity index (χ0) is 27.6. The van der Waals surface area contributed by atoms with Crippen molar-refractivity contribution >= 4 is 18.0 Å². The van der Waals surface area contributed by atoms with Crippen LogP contribution in [0.3, 0.4) is 0 Å². The first-order valence-electron chi connectivity index (χ1n) is 13.5. The minimum atomic E-state index is -0.958. The maximum absolute atomic E-state index is 12.2. The molecule has 8 heteroatoms. The molecular formula is C30H40N2O6. The molecule has 1 aromatic carbocycles. The molecule has 0 aromatic heterocycles. The summed E-state index contributed by atoms with van der Waals surface area (Å²) in [5, 5.41) is 9.29. The summed E-state index contributed by atoms with van der Waals surface area (Å²) < 4.78 is 10.3. The molecule has 4 bridgehead atoms. The first-order valence-corrected chi connectivity index (χ1v) is 13.5. The predicted octanol–water partition coefficient (Wildman–Crippen LogP) is 4.96. The highest BCUT2D eigenvalue weighted by molar-refractivity contribution is 5.82. The third-order valence-electron chi connectivity index (χ3n) is 7.95. The van der Waals surface area contributed by atoms with Crippen LogP contribution >= 0.6 is 0 Å². The molecule has 0 spiro atoms. The number of aliphatic carboxylic acids is 1. The van der Waals surface area contributed by atoms with Gasteiger partial charge in [0.2, 0.25) is 0 Å². The van der Waals surface area contributed by atoms with Crippen LogP contribution in [0.2, 0.25) is 0 Å². The number of piperidine rings is 2. The van der Waals surface area contributed by atoms with Gasteiger partial charge in [-0.2, -0.15) is 0 Å². The molecule has 206 valence electrons. The third-order valence-corrected chi connectivity index (χ3v) is 7.95. The second-order valence-electron chi connectivity index (χ2n) is 11.6. The van der Waals surface area contributed by atoms with E-state index in [-0.39, 0.29) is 30.0 Å². The highest BCUT2D eigenvalue weighted by Gasteiger charge is 2.47. The number of ether oxygens (including phenoxy) is 2. The van der Waals surface area contributed by atoms with Gasteiger partial charge in [0.05, 0.1) is 13.2 Å². The van der Waals surface area contributed by atoms with Crippen LogP contribution in [-0.2, 0) is 19.1 Å². The Morgan fingerprint density at radius 3 is 1.97 bits per heavy atom. The van der Waals surface area contributed by atoms with Crippen LogP contribution in [0, 0.1) is 11.8 Å². The Balaban J connectivity index is 0.000000178. The second-order valence-corrected chi connectivity index (χ2v) is 11.6. The number of hydrogen-bond acceptors (Lipinski definition) is 6. The lowest BCUT2D eigenvalue weighted by atomic mass is 9.78. The van der Waals surface area contributed by atoms with Crippen LogP contribution in [0.1, 0.15) is 65.0 Å². The van der Waals surface area contributed by atoms with Crippen molar-refractivity contribution in [1.82, 2.24) is 9.80 Å². The lowest BCUT2D eigenvalue weighted by Crippen LogP contribution is -2.59. The number of amides is 1. The smallest absolute Gasteiger partial charge is 0.411 e. The molecule has 38 heavy (non-hydrogen) atoms. The number of methoxy groups -OCH3 is 1. The Kier molecular flexibility index (Phi) is 8.31. The van der Waals surface area contributed by atoms with Gasteiger partial charge in [0.15, 0.2) is 0 Å². The van der Waals surface area contributed by atoms with Gasteiger partial charge >= 0.3 is 18.0 Å². The summed E-state index contributed by atoms with van der Waals surface area (Å²) in [6, 6.07) is 9.88. The molecule has 1 N–H and O–H groups in total. The summed E-state index contributed by atoms with van der Waals surface area (Å²) in [5.74, 6) is -0.870. The minimum Gasteiger partial charge on any atom is -0.480 e. The number of benzene rings is 1. The molecule has 2 aliphatic carbocycles. The lowest BCUT2D eigenvalue weighted by Gasteiger charge is -2.49. The summed E-state index contributed by atoms with van der Waals surface area (Å²) in [4.78, 5) is 39.4. The number of carbonyl (C=O) groups excluding carboxylic acids is 2. The van der Waals surface area contributed by atoms with Gasteiger partial charge in [-0.3, -0.25) is 14.6 Å². The third kappa shape index (κ3) is 5.80. The van der Waals surface area contributed by atoms with Gasteiger partial charge in [-0.25, -0.2) is 9.59 Å². The molecule has 7 atom stereocenters. The van der Waals surface area contributed by atoms with E-state index < -0.39 is 23.7 Å². The van der Waals surface area contributed by atoms with Crippen molar-refractivity contribution in [2.45, 2.75) is 89.2 Å². The van der Waals surface area contributed by atoms with E-state index in [1.165, 1.54) is 17.6 Å². The van der Waals surface area contributed by atoms with E-state index in [1.54, 1.807) is 20.8 Å². The zero-order valence-electron chi connectivity index (χ0n) is 22.9. The molecule has 2 fully saturated rings. The Morgan fingerprint density at radius 2 is 1.47 bits per heavy atom. The van der Waals surface area contributed by atoms with Gasteiger partial charge in [0.25, 0.3) is 0 Å². The summed E-state index contributed by atoms with van der Waals surface area (Å²) >= 11 is 0. The molecule has 0 radical (unpaired) electrons. The highest BCUT2D eigenvalue weighted by atomic mass is 16.6. The summed E-state index contributed by atoms with van der Waals surface area (Å²) in [5.41, 5.74) is 0.642. The monoisotopic (exact) mass is 524 g/mol. The number of hydrogen-bond donors (Lipinski definition) is 1. The number of carboxylic acids is 1. The predicted molar refractivity (Wildman–Crippen MR) is 143 cm³/mol. The summed E-state index contributed by atoms with van der Waals surface area (Å²) in [6.45, 7) is 7.51. The van der Waals surface area contributed by atoms with Crippen molar-refractivity contribution in [2.75, 3.05) is 7.11 Å². The molecular weight excluding hydrogens is 484 g/mol. The molecule has 4 heterocycles. The van der Waals surface area contributed by atoms with E-state index in [9.17, 15) is 19.5 Å². The molecule has 4 aliphatic heterocycles. The Hall–Kier alpha value is -3.13. The van der Waals surface area contributed by atoms with Crippen molar-refractivity contribution in [2.24, 2.45) is 11.8 Å². The number of esters is 1. The minimum absolute atomic E-state index is 0.0972. The van der Waals surface area contributed by atoms with Gasteiger partial charge < -0.3 is 14.6 Å². The van der Waals surface area contributed by atoms with Crippen LogP contribution < -0.4 is 0 Å². The fraction of sp³-hybridized carbons (Fsp3) is 0.567. The second kappa shape index (κ2) is 11.3. The molecule has 7 rings (SSSR count). The highest BCUT2D eigenvalue weighted by Crippen LogP contribution is 2.40. The van der Waals surface area contributed by atoms with Crippen molar-refractivity contribution in [3.63, 3.8) is 0 Å². The van der Waals surface area contributed by atoms with Gasteiger partial charge in [-0.05, 0) is 58.9 Å². The SMILES string of the molecule is CC(C)(C)OC(=O)N1C2C=CC(CC2)C1C(=O)O.COC(=O)C1C2C=CC(CC2)N1[C@H](C)c1ccccc1. The maximum Gasteiger partial charge on any atom is 0.411 e. The zero-order valence-corrected chi connectivity index (χ0v) is 22.9. The van der Waals surface area contributed by atoms with E-state index in [0.717, 1.165) is 25.7 Å². The molecule has 1 aromatic rings. The quantitative estimate of drug-likeness (QED) is 0.439. The van der Waals surface area contributed by atoms with E-state index in [2.05, 4.69) is 48.2 Å². The number of nitrogens with zero attached hydrogens (tertiary/aromatic N) is 2. The van der Waals surface area contributed by atoms with Gasteiger partial charge in [0, 0.05) is 23.9 Å². The Morgan fingerprint density at radius 1 is 0.895 bits per heavy atom. The average Bonchev–Trinajstić information content (AvgIpc) is 2.92. The Bertz CT molecular complexity index is 1080. The van der Waals surface area contributed by atoms with Gasteiger partial charge in [0.1, 0.15) is 17.7 Å². The van der Waals surface area contributed by atoms with E-state index >= 15 is 0 Å². The van der Waals surface area contributed by atoms with Crippen LogP contribution in [-0.4, -0.2) is 69.8 Å². The maximum atomic E-state index is 12.2. The molecule has 8 nitrogen and oxygen atoms in total. The van der Waals surface area contributed by atoms with E-state index in [1.807, 2.05) is 18.2 Å². The molecule has 6 unspecified atom stereocenters. The molecule has 0 saturated carbocycles. The normalized spacial score (nSPS) is 30.3. The fourth-order valence-corrected chi connectivity index (χ4v) is 6.21. The lowest BCUT2D eigenvalue weighted by molar-refractivity contribution is -0.153. The van der Waals surface area contributed by atoms with Crippen molar-refractivity contribution in [3.05, 3.63) is 60.2 Å². The number of rotatable bonds is 4. The largest absolute Gasteiger partial charge is 0.480 e. The van der Waals surface area contributed by atoms with Crippen LogP contribution in [0.15, 0.2) is 54.6 Å². The number of carboxylic acid groups (broad SMARTS) is 1. The molecule has 1 amide bonds. The number of carbonyl (C=O) groups is 3. The van der Waals surface area contributed by atoms with Crippen molar-refractivity contribution in [3.8, 4) is 0 Å². The average molecular weight is 525 g/mol. The van der Waals surface area contributed by atoms with E-state index in [4.69, 9.17) is 9.47 Å². The van der Waals surface area contributed by atoms with E-state index in [0.29, 0.717) is 12.0 Å². The van der Waals surface area contributed by atoms with Crippen molar-refractivity contribution in [1.29, 1.82) is 0 Å². The van der Waals surface area contributed by atoms with Crippen LogP contribution in [0.4, 0.5) is 4.79 Å². The van der Waals surface area contributed by atoms with Crippen LogP contribution in [0.25, 0.3) is 0 Å². The number of fused-ring (bicyclic) bond motifs is 4. The summed E-state index contributed by atoms with van der Waals surface area (Å²) in [7, 11) is 1.49. The fourth-order valence-electron chi connectivity index (χ4n) is 6.21. The molecule has 6 aliphatic rings. The topological polar surface area (TPSA) is 96.4 Å². The standard InChI is InChI=1S/C17H21NO2.C13H19NO4/c1-12(13-6-4-3-5-7-13)18-15-10-8-14(9-11-15)16(18)17(19)20-2;1-13(2,3)18-12(17)14-9-6-4-8(5-7-9)10(14)11(15)16/h3-8,10,12,14-16H,9,11H2,1-2H3;4,6,8-10H,5,7H2,1-3H3,(H,15,16)/t12-,14?,15?,16?;/m1./s1. The van der Waals surface area contributed by atoms with Gasteiger partial charge in [-0.15, -0.1) is 0 Å². The first-order chi connectivity index (χ1) is 18.0. The first kappa shape index (κ1) is 27.9. The van der Waals surface area contributed by atoms with Crippen LogP contribution in [0.5, 0.6) is 0 Å². The summed E-state index contributed by atoms with van der Waals surface area (Å²) in [6.07, 6.45) is 11.6. The molecule has 2 saturated heterocycles.